The summed E-state index contributed by atoms with van der Waals surface area (Å²) in [6, 6.07) is 4.63. The molecule has 0 aliphatic rings. The zero-order valence-corrected chi connectivity index (χ0v) is 10.3. The molecule has 1 rings (SSSR count). The average molecular weight is 260 g/mol. The van der Waals surface area contributed by atoms with Gasteiger partial charge in [0.25, 0.3) is 0 Å². The molecule has 0 aliphatic heterocycles. The van der Waals surface area contributed by atoms with Crippen molar-refractivity contribution in [3.05, 3.63) is 57.5 Å². The number of rotatable bonds is 3. The highest BCUT2D eigenvalue weighted by Gasteiger charge is 2.01. The number of nitrogens with two attached hydrogens (primary N) is 1. The van der Waals surface area contributed by atoms with Gasteiger partial charge >= 0.3 is 0 Å². The lowest BCUT2D eigenvalue weighted by Gasteiger charge is -2.02. The fraction of sp³-hybridized carbons (Fsp3) is 0.167. The predicted octanol–water partition coefficient (Wildman–Crippen LogP) is 4.01. The Morgan fingerprint density at radius 1 is 1.44 bits per heavy atom. The Hall–Kier alpha value is -0.990. The normalized spacial score (nSPS) is 13.0. The second kappa shape index (κ2) is 5.92. The van der Waals surface area contributed by atoms with Crippen molar-refractivity contribution in [3.63, 3.8) is 0 Å². The number of hydrogen-bond acceptors (Lipinski definition) is 1. The largest absolute Gasteiger partial charge is 0.402 e. The lowest BCUT2D eigenvalue weighted by atomic mass is 10.1. The molecule has 0 aromatic heterocycles. The molecule has 4 heteroatoms. The summed E-state index contributed by atoms with van der Waals surface area (Å²) in [5, 5.41) is 0.757. The van der Waals surface area contributed by atoms with Crippen molar-refractivity contribution in [1.29, 1.82) is 0 Å². The monoisotopic (exact) mass is 259 g/mol. The van der Waals surface area contributed by atoms with E-state index in [1.807, 2.05) is 0 Å². The van der Waals surface area contributed by atoms with Gasteiger partial charge in [0.05, 0.1) is 5.02 Å². The molecule has 0 heterocycles. The Morgan fingerprint density at radius 2 is 2.12 bits per heavy atom. The van der Waals surface area contributed by atoms with Gasteiger partial charge in [0.15, 0.2) is 0 Å². The molecule has 0 unspecified atom stereocenters. The molecule has 0 amide bonds. The van der Waals surface area contributed by atoms with Gasteiger partial charge < -0.3 is 5.73 Å². The van der Waals surface area contributed by atoms with Crippen molar-refractivity contribution in [3.8, 4) is 0 Å². The molecule has 0 aliphatic carbocycles. The van der Waals surface area contributed by atoms with Crippen molar-refractivity contribution in [1.82, 2.24) is 0 Å². The molecule has 1 aromatic carbocycles. The minimum Gasteiger partial charge on any atom is -0.402 e. The topological polar surface area (TPSA) is 26.0 Å². The molecule has 0 spiro atoms. The van der Waals surface area contributed by atoms with Gasteiger partial charge in [-0.15, -0.1) is 0 Å². The standard InChI is InChI=1S/C12H12Cl2FN/c1-8(13)2-4-10(16)6-9-3-5-11(14)12(15)7-9/h2-5,7H,6,16H2,1H3/b8-2+,10-4-. The zero-order valence-electron chi connectivity index (χ0n) is 8.81. The second-order valence-corrected chi connectivity index (χ2v) is 4.42. The van der Waals surface area contributed by atoms with Crippen LogP contribution in [0.3, 0.4) is 0 Å². The van der Waals surface area contributed by atoms with Crippen LogP contribution in [-0.4, -0.2) is 0 Å². The van der Waals surface area contributed by atoms with E-state index in [2.05, 4.69) is 0 Å². The minimum atomic E-state index is -0.434. The molecular weight excluding hydrogens is 248 g/mol. The van der Waals surface area contributed by atoms with E-state index in [0.717, 1.165) is 5.56 Å². The number of hydrogen-bond donors (Lipinski definition) is 1. The average Bonchev–Trinajstić information content (AvgIpc) is 2.21. The highest BCUT2D eigenvalue weighted by Crippen LogP contribution is 2.16. The molecule has 16 heavy (non-hydrogen) atoms. The molecule has 0 radical (unpaired) electrons. The van der Waals surface area contributed by atoms with E-state index in [9.17, 15) is 4.39 Å². The van der Waals surface area contributed by atoms with E-state index in [0.29, 0.717) is 17.2 Å². The highest BCUT2D eigenvalue weighted by molar-refractivity contribution is 6.30. The summed E-state index contributed by atoms with van der Waals surface area (Å²) in [6.45, 7) is 1.76. The van der Waals surface area contributed by atoms with Gasteiger partial charge in [-0.1, -0.05) is 29.3 Å². The maximum absolute atomic E-state index is 13.1. The van der Waals surface area contributed by atoms with Crippen LogP contribution in [0.1, 0.15) is 12.5 Å². The van der Waals surface area contributed by atoms with Crippen molar-refractivity contribution in [2.45, 2.75) is 13.3 Å². The van der Waals surface area contributed by atoms with Crippen LogP contribution in [-0.2, 0) is 6.42 Å². The van der Waals surface area contributed by atoms with Crippen molar-refractivity contribution >= 4 is 23.2 Å². The van der Waals surface area contributed by atoms with E-state index in [1.165, 1.54) is 12.1 Å². The van der Waals surface area contributed by atoms with Crippen LogP contribution in [0.4, 0.5) is 4.39 Å². The maximum atomic E-state index is 13.1. The SMILES string of the molecule is C/C(Cl)=C\C=C(/N)Cc1ccc(Cl)c(F)c1. The summed E-state index contributed by atoms with van der Waals surface area (Å²) in [5.41, 5.74) is 7.13. The first-order valence-corrected chi connectivity index (χ1v) is 5.47. The van der Waals surface area contributed by atoms with Crippen LogP contribution < -0.4 is 5.73 Å². The van der Waals surface area contributed by atoms with Crippen LogP contribution in [0.25, 0.3) is 0 Å². The smallest absolute Gasteiger partial charge is 0.142 e. The fourth-order valence-corrected chi connectivity index (χ4v) is 1.35. The predicted molar refractivity (Wildman–Crippen MR) is 67.0 cm³/mol. The van der Waals surface area contributed by atoms with E-state index in [1.54, 1.807) is 25.1 Å². The first kappa shape index (κ1) is 13.1. The molecule has 1 nitrogen and oxygen atoms in total. The highest BCUT2D eigenvalue weighted by atomic mass is 35.5. The van der Waals surface area contributed by atoms with Crippen LogP contribution >= 0.6 is 23.2 Å². The van der Waals surface area contributed by atoms with Crippen LogP contribution in [0.15, 0.2) is 41.1 Å². The maximum Gasteiger partial charge on any atom is 0.142 e. The lowest BCUT2D eigenvalue weighted by Crippen LogP contribution is -2.01. The van der Waals surface area contributed by atoms with Crippen molar-refractivity contribution in [2.75, 3.05) is 0 Å². The Labute approximate surface area is 104 Å². The first-order chi connectivity index (χ1) is 7.49. The van der Waals surface area contributed by atoms with Gasteiger partial charge in [0.2, 0.25) is 0 Å². The molecule has 0 saturated carbocycles. The summed E-state index contributed by atoms with van der Waals surface area (Å²) in [6.07, 6.45) is 3.87. The third-order valence-corrected chi connectivity index (χ3v) is 2.35. The van der Waals surface area contributed by atoms with E-state index in [4.69, 9.17) is 28.9 Å². The van der Waals surface area contributed by atoms with Gasteiger partial charge in [-0.2, -0.15) is 0 Å². The minimum absolute atomic E-state index is 0.114. The molecule has 0 atom stereocenters. The van der Waals surface area contributed by atoms with E-state index in [-0.39, 0.29) is 5.02 Å². The van der Waals surface area contributed by atoms with Crippen LogP contribution in [0.5, 0.6) is 0 Å². The van der Waals surface area contributed by atoms with Crippen molar-refractivity contribution in [2.24, 2.45) is 5.73 Å². The fourth-order valence-electron chi connectivity index (χ4n) is 1.17. The van der Waals surface area contributed by atoms with E-state index < -0.39 is 5.82 Å². The second-order valence-electron chi connectivity index (χ2n) is 3.42. The molecular formula is C12H12Cl2FN. The Kier molecular flexibility index (Phi) is 4.84. The number of halogens is 3. The Bertz CT molecular complexity index is 435. The molecule has 0 bridgehead atoms. The Balaban J connectivity index is 2.77. The summed E-state index contributed by atoms with van der Waals surface area (Å²) >= 11 is 11.2. The first-order valence-electron chi connectivity index (χ1n) is 4.71. The molecule has 0 fully saturated rings. The molecule has 2 N–H and O–H groups in total. The Morgan fingerprint density at radius 3 is 2.69 bits per heavy atom. The lowest BCUT2D eigenvalue weighted by molar-refractivity contribution is 0.626. The summed E-state index contributed by atoms with van der Waals surface area (Å²) in [7, 11) is 0. The van der Waals surface area contributed by atoms with Crippen LogP contribution in [0.2, 0.25) is 5.02 Å². The molecule has 86 valence electrons. The summed E-state index contributed by atoms with van der Waals surface area (Å²) in [5.74, 6) is -0.434. The summed E-state index contributed by atoms with van der Waals surface area (Å²) in [4.78, 5) is 0. The number of benzene rings is 1. The van der Waals surface area contributed by atoms with Gasteiger partial charge in [-0.05, 0) is 36.8 Å². The van der Waals surface area contributed by atoms with Crippen LogP contribution in [0, 0.1) is 5.82 Å². The quantitative estimate of drug-likeness (QED) is 0.816. The molecule has 0 saturated heterocycles. The summed E-state index contributed by atoms with van der Waals surface area (Å²) < 4.78 is 13.1. The third-order valence-electron chi connectivity index (χ3n) is 1.92. The van der Waals surface area contributed by atoms with Gasteiger partial charge in [-0.3, -0.25) is 0 Å². The van der Waals surface area contributed by atoms with Gasteiger partial charge in [0.1, 0.15) is 5.82 Å². The van der Waals surface area contributed by atoms with Gasteiger partial charge in [0, 0.05) is 17.2 Å². The van der Waals surface area contributed by atoms with E-state index >= 15 is 0 Å². The number of allylic oxidation sites excluding steroid dienone is 4. The molecule has 1 aromatic rings. The zero-order chi connectivity index (χ0) is 12.1. The van der Waals surface area contributed by atoms with Crippen molar-refractivity contribution < 1.29 is 4.39 Å². The van der Waals surface area contributed by atoms with Gasteiger partial charge in [-0.25, -0.2) is 4.39 Å². The third kappa shape index (κ3) is 4.25.